The Balaban J connectivity index is 1.57. The molecule has 0 radical (unpaired) electrons. The first-order valence-electron chi connectivity index (χ1n) is 10.1. The standard InChI is InChI=1S/C21H27N3O4S/c1-15-4-5-16(2)19-18(15)22-21(29-19)24(20(25)17-14-27-12-13-28-17)7-3-6-23-8-10-26-11-9-23/h4-5,14H,3,6-13H2,1-2H3. The summed E-state index contributed by atoms with van der Waals surface area (Å²) in [6.45, 7) is 9.91. The average molecular weight is 418 g/mol. The van der Waals surface area contributed by atoms with Gasteiger partial charge in [-0.2, -0.15) is 0 Å². The van der Waals surface area contributed by atoms with Gasteiger partial charge in [0.1, 0.15) is 19.5 Å². The molecule has 0 N–H and O–H groups in total. The zero-order valence-electron chi connectivity index (χ0n) is 17.0. The molecule has 3 heterocycles. The number of carbonyl (C=O) groups is 1. The highest BCUT2D eigenvalue weighted by Crippen LogP contribution is 2.34. The van der Waals surface area contributed by atoms with E-state index in [9.17, 15) is 4.79 Å². The van der Waals surface area contributed by atoms with Crippen LogP contribution in [0.1, 0.15) is 17.5 Å². The van der Waals surface area contributed by atoms with Crippen LogP contribution in [0.2, 0.25) is 0 Å². The van der Waals surface area contributed by atoms with E-state index < -0.39 is 0 Å². The minimum Gasteiger partial charge on any atom is -0.494 e. The van der Waals surface area contributed by atoms with E-state index in [1.807, 2.05) is 0 Å². The van der Waals surface area contributed by atoms with Gasteiger partial charge in [0.05, 0.1) is 23.4 Å². The molecule has 156 valence electrons. The number of morpholine rings is 1. The fraction of sp³-hybridized carbons (Fsp3) is 0.524. The van der Waals surface area contributed by atoms with Gasteiger partial charge in [0.25, 0.3) is 5.91 Å². The number of carbonyl (C=O) groups excluding carboxylic acids is 1. The number of thiazole rings is 1. The molecule has 0 atom stereocenters. The van der Waals surface area contributed by atoms with E-state index in [4.69, 9.17) is 19.2 Å². The van der Waals surface area contributed by atoms with Crippen molar-refractivity contribution in [2.75, 3.05) is 57.5 Å². The number of aromatic nitrogens is 1. The van der Waals surface area contributed by atoms with Gasteiger partial charge < -0.3 is 14.2 Å². The van der Waals surface area contributed by atoms with Crippen LogP contribution in [0, 0.1) is 13.8 Å². The third-order valence-electron chi connectivity index (χ3n) is 5.23. The summed E-state index contributed by atoms with van der Waals surface area (Å²) >= 11 is 1.56. The summed E-state index contributed by atoms with van der Waals surface area (Å²) in [6.07, 6.45) is 2.28. The van der Waals surface area contributed by atoms with E-state index in [1.165, 1.54) is 11.8 Å². The Bertz CT molecular complexity index is 866. The maximum absolute atomic E-state index is 13.2. The molecule has 0 unspecified atom stereocenters. The van der Waals surface area contributed by atoms with E-state index in [0.29, 0.717) is 24.9 Å². The maximum atomic E-state index is 13.2. The van der Waals surface area contributed by atoms with E-state index >= 15 is 0 Å². The third kappa shape index (κ3) is 4.55. The SMILES string of the molecule is Cc1ccc(C)c2sc(N(CCCN3CCOCC3)C(=O)C3=COCCO3)nc12. The van der Waals surface area contributed by atoms with Gasteiger partial charge in [0.2, 0.25) is 5.76 Å². The molecule has 1 fully saturated rings. The molecule has 1 aromatic carbocycles. The second kappa shape index (κ2) is 9.11. The largest absolute Gasteiger partial charge is 0.494 e. The number of benzene rings is 1. The molecular weight excluding hydrogens is 390 g/mol. The van der Waals surface area contributed by atoms with Gasteiger partial charge in [0, 0.05) is 26.2 Å². The smallest absolute Gasteiger partial charge is 0.298 e. The van der Waals surface area contributed by atoms with Gasteiger partial charge in [-0.15, -0.1) is 0 Å². The predicted molar refractivity (Wildman–Crippen MR) is 113 cm³/mol. The molecule has 0 bridgehead atoms. The molecule has 29 heavy (non-hydrogen) atoms. The molecular formula is C21H27N3O4S. The van der Waals surface area contributed by atoms with Crippen molar-refractivity contribution in [3.05, 3.63) is 35.3 Å². The first-order chi connectivity index (χ1) is 14.1. The topological polar surface area (TPSA) is 64.1 Å². The molecule has 1 saturated heterocycles. The molecule has 1 aromatic heterocycles. The normalized spacial score (nSPS) is 17.5. The molecule has 8 heteroatoms. The van der Waals surface area contributed by atoms with Crippen LogP contribution in [0.15, 0.2) is 24.2 Å². The van der Waals surface area contributed by atoms with Gasteiger partial charge >= 0.3 is 0 Å². The number of rotatable bonds is 6. The van der Waals surface area contributed by atoms with Crippen LogP contribution >= 0.6 is 11.3 Å². The molecule has 2 aliphatic rings. The number of fused-ring (bicyclic) bond motifs is 1. The van der Waals surface area contributed by atoms with Crippen molar-refractivity contribution in [1.82, 2.24) is 9.88 Å². The highest BCUT2D eigenvalue weighted by molar-refractivity contribution is 7.22. The van der Waals surface area contributed by atoms with Crippen molar-refractivity contribution in [2.45, 2.75) is 20.3 Å². The quantitative estimate of drug-likeness (QED) is 0.720. The minimum atomic E-state index is -0.193. The lowest BCUT2D eigenvalue weighted by Gasteiger charge is -2.28. The van der Waals surface area contributed by atoms with Crippen LogP contribution < -0.4 is 4.90 Å². The van der Waals surface area contributed by atoms with Crippen molar-refractivity contribution in [3.8, 4) is 0 Å². The summed E-state index contributed by atoms with van der Waals surface area (Å²) in [5.41, 5.74) is 3.25. The van der Waals surface area contributed by atoms with Crippen LogP contribution in [-0.2, 0) is 19.0 Å². The summed E-state index contributed by atoms with van der Waals surface area (Å²) in [7, 11) is 0. The van der Waals surface area contributed by atoms with Crippen molar-refractivity contribution in [1.29, 1.82) is 0 Å². The third-order valence-corrected chi connectivity index (χ3v) is 6.44. The number of amides is 1. The number of hydrogen-bond donors (Lipinski definition) is 0. The first-order valence-corrected chi connectivity index (χ1v) is 10.9. The Morgan fingerprint density at radius 1 is 1.17 bits per heavy atom. The summed E-state index contributed by atoms with van der Waals surface area (Å²) in [5, 5.41) is 0.708. The average Bonchev–Trinajstić information content (AvgIpc) is 3.21. The number of nitrogens with zero attached hydrogens (tertiary/aromatic N) is 3. The number of aryl methyl sites for hydroxylation is 2. The van der Waals surface area contributed by atoms with E-state index in [0.717, 1.165) is 55.0 Å². The summed E-state index contributed by atoms with van der Waals surface area (Å²) in [6, 6.07) is 4.18. The van der Waals surface area contributed by atoms with Crippen molar-refractivity contribution in [2.24, 2.45) is 0 Å². The molecule has 4 rings (SSSR count). The van der Waals surface area contributed by atoms with E-state index in [1.54, 1.807) is 16.2 Å². The zero-order valence-corrected chi connectivity index (χ0v) is 17.8. The van der Waals surface area contributed by atoms with Crippen LogP contribution in [0.25, 0.3) is 10.2 Å². The number of anilines is 1. The first kappa shape index (κ1) is 20.1. The highest BCUT2D eigenvalue weighted by Gasteiger charge is 2.26. The summed E-state index contributed by atoms with van der Waals surface area (Å²) in [4.78, 5) is 22.1. The Labute approximate surface area is 174 Å². The fourth-order valence-electron chi connectivity index (χ4n) is 3.54. The van der Waals surface area contributed by atoms with Gasteiger partial charge in [-0.05, 0) is 31.4 Å². The number of hydrogen-bond acceptors (Lipinski definition) is 7. The molecule has 7 nitrogen and oxygen atoms in total. The van der Waals surface area contributed by atoms with Gasteiger partial charge in [0.15, 0.2) is 5.13 Å². The Morgan fingerprint density at radius 2 is 1.97 bits per heavy atom. The van der Waals surface area contributed by atoms with E-state index in [2.05, 4.69) is 30.9 Å². The monoisotopic (exact) mass is 417 g/mol. The fourth-order valence-corrected chi connectivity index (χ4v) is 4.67. The summed E-state index contributed by atoms with van der Waals surface area (Å²) < 4.78 is 17.4. The maximum Gasteiger partial charge on any atom is 0.298 e. The molecule has 0 aliphatic carbocycles. The zero-order chi connectivity index (χ0) is 20.2. The molecule has 0 spiro atoms. The van der Waals surface area contributed by atoms with Crippen molar-refractivity contribution < 1.29 is 19.0 Å². The van der Waals surface area contributed by atoms with Crippen molar-refractivity contribution in [3.63, 3.8) is 0 Å². The lowest BCUT2D eigenvalue weighted by atomic mass is 10.1. The minimum absolute atomic E-state index is 0.193. The second-order valence-corrected chi connectivity index (χ2v) is 8.32. The Kier molecular flexibility index (Phi) is 6.32. The van der Waals surface area contributed by atoms with Crippen molar-refractivity contribution >= 4 is 32.6 Å². The predicted octanol–water partition coefficient (Wildman–Crippen LogP) is 2.86. The van der Waals surface area contributed by atoms with Gasteiger partial charge in [-0.1, -0.05) is 23.5 Å². The van der Waals surface area contributed by atoms with Gasteiger partial charge in [-0.3, -0.25) is 14.6 Å². The molecule has 2 aromatic rings. The van der Waals surface area contributed by atoms with E-state index in [-0.39, 0.29) is 11.7 Å². The Morgan fingerprint density at radius 3 is 2.69 bits per heavy atom. The van der Waals surface area contributed by atoms with Crippen LogP contribution in [-0.4, -0.2) is 68.4 Å². The highest BCUT2D eigenvalue weighted by atomic mass is 32.1. The van der Waals surface area contributed by atoms with Gasteiger partial charge in [-0.25, -0.2) is 4.98 Å². The van der Waals surface area contributed by atoms with Crippen LogP contribution in [0.5, 0.6) is 0 Å². The summed E-state index contributed by atoms with van der Waals surface area (Å²) in [5.74, 6) is 0.0522. The van der Waals surface area contributed by atoms with Crippen LogP contribution in [0.3, 0.4) is 0 Å². The lowest BCUT2D eigenvalue weighted by molar-refractivity contribution is -0.119. The van der Waals surface area contributed by atoms with Crippen LogP contribution in [0.4, 0.5) is 5.13 Å². The second-order valence-electron chi connectivity index (χ2n) is 7.34. The number of ether oxygens (including phenoxy) is 3. The Hall–Kier alpha value is -2.16. The lowest BCUT2D eigenvalue weighted by Crippen LogP contribution is -2.40. The molecule has 2 aliphatic heterocycles. The molecule has 1 amide bonds. The molecule has 0 saturated carbocycles.